The predicted octanol–water partition coefficient (Wildman–Crippen LogP) is 1.33. The maximum atomic E-state index is 10.9. The van der Waals surface area contributed by atoms with E-state index in [1.165, 1.54) is 12.1 Å². The van der Waals surface area contributed by atoms with Crippen LogP contribution in [0.1, 0.15) is 11.3 Å². The molecule has 0 spiro atoms. The largest absolute Gasteiger partial charge is 0.409 e. The highest BCUT2D eigenvalue weighted by atomic mass is 32.2. The number of hydrogen-bond acceptors (Lipinski definition) is 8. The minimum atomic E-state index is -0.656. The molecular formula is C11H10N6O3S. The number of amidine groups is 1. The number of oxime groups is 1. The Kier molecular flexibility index (Phi) is 4.28. The molecule has 0 saturated heterocycles. The van der Waals surface area contributed by atoms with Crippen molar-refractivity contribution in [3.63, 3.8) is 0 Å². The molecular weight excluding hydrogens is 296 g/mol. The van der Waals surface area contributed by atoms with Crippen LogP contribution in [0, 0.1) is 17.0 Å². The van der Waals surface area contributed by atoms with Crippen molar-refractivity contribution in [1.29, 1.82) is 0 Å². The second-order valence-electron chi connectivity index (χ2n) is 3.90. The first-order valence-electron chi connectivity index (χ1n) is 5.61. The van der Waals surface area contributed by atoms with Crippen molar-refractivity contribution < 1.29 is 10.1 Å². The van der Waals surface area contributed by atoms with Crippen molar-refractivity contribution in [2.75, 3.05) is 0 Å². The molecule has 2 aromatic heterocycles. The number of nitrogens with zero attached hydrogens (tertiary/aromatic N) is 5. The molecule has 3 N–H and O–H groups in total. The fraction of sp³-hybridized carbons (Fsp3) is 0.0909. The van der Waals surface area contributed by atoms with Crippen LogP contribution in [0.15, 0.2) is 39.9 Å². The summed E-state index contributed by atoms with van der Waals surface area (Å²) in [6.45, 7) is 1.86. The molecule has 0 aliphatic heterocycles. The van der Waals surface area contributed by atoms with E-state index in [0.717, 1.165) is 17.3 Å². The lowest BCUT2D eigenvalue weighted by molar-refractivity contribution is -0.385. The van der Waals surface area contributed by atoms with Gasteiger partial charge in [0, 0.05) is 18.5 Å². The lowest BCUT2D eigenvalue weighted by Gasteiger charge is -2.03. The summed E-state index contributed by atoms with van der Waals surface area (Å²) >= 11 is 1.11. The van der Waals surface area contributed by atoms with Gasteiger partial charge in [0.1, 0.15) is 5.03 Å². The zero-order chi connectivity index (χ0) is 15.4. The molecule has 0 atom stereocenters. The normalized spacial score (nSPS) is 11.4. The Morgan fingerprint density at radius 1 is 1.43 bits per heavy atom. The van der Waals surface area contributed by atoms with Crippen LogP contribution in [-0.4, -0.2) is 30.9 Å². The monoisotopic (exact) mass is 306 g/mol. The predicted molar refractivity (Wildman–Crippen MR) is 74.3 cm³/mol. The average molecular weight is 306 g/mol. The van der Waals surface area contributed by atoms with Crippen LogP contribution >= 0.6 is 11.8 Å². The van der Waals surface area contributed by atoms with Gasteiger partial charge in [-0.05, 0) is 30.3 Å². The van der Waals surface area contributed by atoms with Gasteiger partial charge in [0.05, 0.1) is 4.92 Å². The minimum Gasteiger partial charge on any atom is -0.409 e. The third kappa shape index (κ3) is 3.42. The molecule has 0 aliphatic rings. The van der Waals surface area contributed by atoms with Crippen molar-refractivity contribution in [1.82, 2.24) is 15.0 Å². The fourth-order valence-corrected chi connectivity index (χ4v) is 2.07. The molecule has 0 bridgehead atoms. The lowest BCUT2D eigenvalue weighted by Crippen LogP contribution is -2.17. The number of rotatable bonds is 4. The molecule has 10 heteroatoms. The third-order valence-corrected chi connectivity index (χ3v) is 3.18. The molecule has 2 rings (SSSR count). The van der Waals surface area contributed by atoms with E-state index in [2.05, 4.69) is 20.1 Å². The molecule has 0 radical (unpaired) electrons. The number of aryl methyl sites for hydroxylation is 1. The topological polar surface area (TPSA) is 140 Å². The zero-order valence-electron chi connectivity index (χ0n) is 10.8. The lowest BCUT2D eigenvalue weighted by atomic mass is 10.3. The van der Waals surface area contributed by atoms with Crippen molar-refractivity contribution >= 4 is 23.3 Å². The molecule has 108 valence electrons. The van der Waals surface area contributed by atoms with E-state index in [1.54, 1.807) is 12.4 Å². The van der Waals surface area contributed by atoms with Gasteiger partial charge in [0.2, 0.25) is 0 Å². The fourth-order valence-electron chi connectivity index (χ4n) is 1.40. The van der Waals surface area contributed by atoms with Gasteiger partial charge in [0.25, 0.3) is 5.69 Å². The first kappa shape index (κ1) is 14.7. The van der Waals surface area contributed by atoms with Gasteiger partial charge in [-0.1, -0.05) is 5.16 Å². The minimum absolute atomic E-state index is 0.209. The summed E-state index contributed by atoms with van der Waals surface area (Å²) in [5.41, 5.74) is 5.76. The Hall–Kier alpha value is -2.75. The highest BCUT2D eigenvalue weighted by Crippen LogP contribution is 2.26. The highest BCUT2D eigenvalue weighted by molar-refractivity contribution is 7.99. The third-order valence-electron chi connectivity index (χ3n) is 2.35. The van der Waals surface area contributed by atoms with Crippen LogP contribution in [0.3, 0.4) is 0 Å². The molecule has 0 aliphatic carbocycles. The summed E-state index contributed by atoms with van der Waals surface area (Å²) in [7, 11) is 0. The smallest absolute Gasteiger partial charge is 0.298 e. The second-order valence-corrected chi connectivity index (χ2v) is 4.89. The average Bonchev–Trinajstić information content (AvgIpc) is 2.48. The molecule has 0 amide bonds. The number of nitro groups is 1. The van der Waals surface area contributed by atoms with Crippen molar-refractivity contribution in [3.05, 3.63) is 45.9 Å². The van der Waals surface area contributed by atoms with Gasteiger partial charge in [-0.25, -0.2) is 15.0 Å². The van der Waals surface area contributed by atoms with Crippen LogP contribution < -0.4 is 5.73 Å². The Bertz CT molecular complexity index is 704. The van der Waals surface area contributed by atoms with E-state index in [4.69, 9.17) is 10.9 Å². The summed E-state index contributed by atoms with van der Waals surface area (Å²) in [5.74, 6) is -0.436. The molecule has 0 saturated carbocycles. The SMILES string of the molecule is Cc1cnc(Sc2ccc([N+](=O)[O-])c(/C(N)=N/O)n2)nc1. The van der Waals surface area contributed by atoms with Gasteiger partial charge in [-0.2, -0.15) is 0 Å². The highest BCUT2D eigenvalue weighted by Gasteiger charge is 2.20. The van der Waals surface area contributed by atoms with E-state index in [9.17, 15) is 10.1 Å². The summed E-state index contributed by atoms with van der Waals surface area (Å²) in [6, 6.07) is 2.68. The standard InChI is InChI=1S/C11H10N6O3S/c1-6-4-13-11(14-5-6)21-8-3-2-7(17(19)20)9(15-8)10(12)16-18/h2-5,18H,1H3,(H2,12,16). The molecule has 9 nitrogen and oxygen atoms in total. The Balaban J connectivity index is 2.37. The van der Waals surface area contributed by atoms with Gasteiger partial charge in [-0.15, -0.1) is 0 Å². The zero-order valence-corrected chi connectivity index (χ0v) is 11.6. The summed E-state index contributed by atoms with van der Waals surface area (Å²) in [6.07, 6.45) is 3.29. The Labute approximate surface area is 123 Å². The second kappa shape index (κ2) is 6.13. The molecule has 2 aromatic rings. The Morgan fingerprint density at radius 2 is 2.10 bits per heavy atom. The van der Waals surface area contributed by atoms with E-state index >= 15 is 0 Å². The number of pyridine rings is 1. The molecule has 0 aromatic carbocycles. The Morgan fingerprint density at radius 3 is 2.67 bits per heavy atom. The number of aromatic nitrogens is 3. The van der Waals surface area contributed by atoms with Crippen LogP contribution in [0.25, 0.3) is 0 Å². The molecule has 0 fully saturated rings. The van der Waals surface area contributed by atoms with Crippen molar-refractivity contribution in [3.8, 4) is 0 Å². The van der Waals surface area contributed by atoms with Gasteiger partial charge in [0.15, 0.2) is 16.7 Å². The number of hydrogen-bond donors (Lipinski definition) is 2. The van der Waals surface area contributed by atoms with Crippen LogP contribution in [0.5, 0.6) is 0 Å². The van der Waals surface area contributed by atoms with E-state index in [1.807, 2.05) is 6.92 Å². The van der Waals surface area contributed by atoms with Gasteiger partial charge >= 0.3 is 0 Å². The molecule has 21 heavy (non-hydrogen) atoms. The summed E-state index contributed by atoms with van der Waals surface area (Å²) in [5, 5.41) is 23.1. The van der Waals surface area contributed by atoms with Gasteiger partial charge in [-0.3, -0.25) is 10.1 Å². The maximum absolute atomic E-state index is 10.9. The van der Waals surface area contributed by atoms with Crippen LogP contribution in [-0.2, 0) is 0 Å². The van der Waals surface area contributed by atoms with Crippen molar-refractivity contribution in [2.24, 2.45) is 10.9 Å². The summed E-state index contributed by atoms with van der Waals surface area (Å²) < 4.78 is 0. The van der Waals surface area contributed by atoms with Crippen LogP contribution in [0.4, 0.5) is 5.69 Å². The van der Waals surface area contributed by atoms with Crippen molar-refractivity contribution in [2.45, 2.75) is 17.1 Å². The first-order valence-corrected chi connectivity index (χ1v) is 6.42. The van der Waals surface area contributed by atoms with Gasteiger partial charge < -0.3 is 10.9 Å². The van der Waals surface area contributed by atoms with E-state index in [-0.39, 0.29) is 11.4 Å². The van der Waals surface area contributed by atoms with Crippen LogP contribution in [0.2, 0.25) is 0 Å². The first-order chi connectivity index (χ1) is 10.0. The molecule has 2 heterocycles. The van der Waals surface area contributed by atoms with E-state index < -0.39 is 10.8 Å². The van der Waals surface area contributed by atoms with E-state index in [0.29, 0.717) is 10.2 Å². The maximum Gasteiger partial charge on any atom is 0.298 e. The summed E-state index contributed by atoms with van der Waals surface area (Å²) in [4.78, 5) is 22.4. The quantitative estimate of drug-likeness (QED) is 0.215. The molecule has 0 unspecified atom stereocenters. The number of nitrogens with two attached hydrogens (primary N) is 1.